The molecular weight excluding hydrogens is 228 g/mol. The summed E-state index contributed by atoms with van der Waals surface area (Å²) in [5, 5.41) is 3.08. The quantitative estimate of drug-likeness (QED) is 0.883. The molecule has 0 amide bonds. The van der Waals surface area contributed by atoms with Crippen molar-refractivity contribution in [3.05, 3.63) is 52.3 Å². The topological polar surface area (TPSA) is 59.8 Å². The van der Waals surface area contributed by atoms with Crippen molar-refractivity contribution in [2.24, 2.45) is 0 Å². The minimum atomic E-state index is 0.00931. The summed E-state index contributed by atoms with van der Waals surface area (Å²) in [6.07, 6.45) is 5.13. The Balaban J connectivity index is 2.18. The molecule has 0 aliphatic carbocycles. The van der Waals surface area contributed by atoms with Gasteiger partial charge in [0.05, 0.1) is 24.6 Å². The van der Waals surface area contributed by atoms with Gasteiger partial charge in [0.25, 0.3) is 5.56 Å². The van der Waals surface area contributed by atoms with Gasteiger partial charge in [0.2, 0.25) is 0 Å². The zero-order valence-corrected chi connectivity index (χ0v) is 10.6. The van der Waals surface area contributed by atoms with Crippen molar-refractivity contribution in [3.63, 3.8) is 0 Å². The number of hydrogen-bond donors (Lipinski definition) is 1. The van der Waals surface area contributed by atoms with E-state index in [0.29, 0.717) is 6.54 Å². The van der Waals surface area contributed by atoms with Crippen LogP contribution in [0.4, 0.5) is 5.82 Å². The number of rotatable bonds is 4. The normalized spacial score (nSPS) is 10.3. The maximum atomic E-state index is 11.8. The highest BCUT2D eigenvalue weighted by Crippen LogP contribution is 2.02. The van der Waals surface area contributed by atoms with Crippen molar-refractivity contribution in [3.8, 4) is 0 Å². The second-order valence-electron chi connectivity index (χ2n) is 4.05. The fourth-order valence-electron chi connectivity index (χ4n) is 1.66. The molecule has 2 aromatic rings. The summed E-state index contributed by atoms with van der Waals surface area (Å²) < 4.78 is 1.63. The maximum Gasteiger partial charge on any atom is 0.253 e. The van der Waals surface area contributed by atoms with Crippen LogP contribution in [0.5, 0.6) is 0 Å². The summed E-state index contributed by atoms with van der Waals surface area (Å²) in [6, 6.07) is 3.66. The summed E-state index contributed by atoms with van der Waals surface area (Å²) in [6.45, 7) is 5.06. The molecule has 1 N–H and O–H groups in total. The van der Waals surface area contributed by atoms with Crippen LogP contribution in [0.15, 0.2) is 35.5 Å². The van der Waals surface area contributed by atoms with E-state index in [1.807, 2.05) is 13.0 Å². The third kappa shape index (κ3) is 2.74. The van der Waals surface area contributed by atoms with Crippen molar-refractivity contribution in [2.45, 2.75) is 20.4 Å². The van der Waals surface area contributed by atoms with Gasteiger partial charge in [-0.05, 0) is 19.9 Å². The summed E-state index contributed by atoms with van der Waals surface area (Å²) >= 11 is 0. The number of hydrogen-bond acceptors (Lipinski definition) is 4. The molecule has 2 rings (SSSR count). The molecule has 0 bridgehead atoms. The average molecular weight is 244 g/mol. The third-order valence-corrected chi connectivity index (χ3v) is 2.61. The summed E-state index contributed by atoms with van der Waals surface area (Å²) in [5.41, 5.74) is 1.51. The molecule has 18 heavy (non-hydrogen) atoms. The summed E-state index contributed by atoms with van der Waals surface area (Å²) in [5.74, 6) is 0.748. The van der Waals surface area contributed by atoms with Crippen molar-refractivity contribution < 1.29 is 0 Å². The highest BCUT2D eigenvalue weighted by Gasteiger charge is 2.01. The maximum absolute atomic E-state index is 11.8. The zero-order chi connectivity index (χ0) is 13.0. The van der Waals surface area contributed by atoms with Crippen LogP contribution in [0.3, 0.4) is 0 Å². The van der Waals surface area contributed by atoms with Crippen molar-refractivity contribution in [1.29, 1.82) is 0 Å². The van der Waals surface area contributed by atoms with Crippen LogP contribution in [0.2, 0.25) is 0 Å². The van der Waals surface area contributed by atoms with Crippen LogP contribution >= 0.6 is 0 Å². The Kier molecular flexibility index (Phi) is 3.72. The first-order chi connectivity index (χ1) is 8.70. The Morgan fingerprint density at radius 2 is 2.17 bits per heavy atom. The first-order valence-electron chi connectivity index (χ1n) is 5.91. The van der Waals surface area contributed by atoms with Crippen LogP contribution < -0.4 is 10.9 Å². The summed E-state index contributed by atoms with van der Waals surface area (Å²) in [4.78, 5) is 20.4. The Morgan fingerprint density at radius 1 is 1.33 bits per heavy atom. The van der Waals surface area contributed by atoms with Gasteiger partial charge in [-0.2, -0.15) is 0 Å². The number of anilines is 1. The van der Waals surface area contributed by atoms with Crippen molar-refractivity contribution >= 4 is 5.82 Å². The molecular formula is C13H16N4O. The number of aromatic nitrogens is 3. The van der Waals surface area contributed by atoms with Gasteiger partial charge in [0.15, 0.2) is 0 Å². The lowest BCUT2D eigenvalue weighted by atomic mass is 10.3. The Morgan fingerprint density at radius 3 is 2.83 bits per heavy atom. The van der Waals surface area contributed by atoms with Gasteiger partial charge < -0.3 is 9.88 Å². The first kappa shape index (κ1) is 12.3. The molecule has 0 aliphatic rings. The first-order valence-corrected chi connectivity index (χ1v) is 5.91. The van der Waals surface area contributed by atoms with Crippen molar-refractivity contribution in [2.75, 3.05) is 11.9 Å². The highest BCUT2D eigenvalue weighted by atomic mass is 16.1. The van der Waals surface area contributed by atoms with E-state index in [4.69, 9.17) is 0 Å². The minimum absolute atomic E-state index is 0.00931. The van der Waals surface area contributed by atoms with E-state index in [1.165, 1.54) is 0 Å². The molecule has 2 aromatic heterocycles. The third-order valence-electron chi connectivity index (χ3n) is 2.61. The molecule has 0 unspecified atom stereocenters. The van der Waals surface area contributed by atoms with Crippen LogP contribution in [0, 0.1) is 6.92 Å². The largest absolute Gasteiger partial charge is 0.369 e. The number of nitrogens with zero attached hydrogens (tertiary/aromatic N) is 3. The second kappa shape index (κ2) is 5.44. The summed E-state index contributed by atoms with van der Waals surface area (Å²) in [7, 11) is 0. The molecule has 0 fully saturated rings. The fourth-order valence-corrected chi connectivity index (χ4v) is 1.66. The van der Waals surface area contributed by atoms with Gasteiger partial charge in [-0.1, -0.05) is 6.07 Å². The lowest BCUT2D eigenvalue weighted by Crippen LogP contribution is -2.22. The molecule has 5 nitrogen and oxygen atoms in total. The molecule has 0 spiro atoms. The lowest BCUT2D eigenvalue weighted by molar-refractivity contribution is 0.729. The molecule has 2 heterocycles. The Bertz CT molecular complexity index is 574. The van der Waals surface area contributed by atoms with Gasteiger partial charge in [0, 0.05) is 18.3 Å². The predicted octanol–water partition coefficient (Wildman–Crippen LogP) is 1.43. The molecule has 0 saturated carbocycles. The van der Waals surface area contributed by atoms with Gasteiger partial charge >= 0.3 is 0 Å². The average Bonchev–Trinajstić information content (AvgIpc) is 2.38. The van der Waals surface area contributed by atoms with Gasteiger partial charge in [-0.25, -0.2) is 4.98 Å². The number of pyridine rings is 1. The van der Waals surface area contributed by atoms with Gasteiger partial charge in [-0.15, -0.1) is 0 Å². The fraction of sp³-hybridized carbons (Fsp3) is 0.308. The van der Waals surface area contributed by atoms with E-state index in [0.717, 1.165) is 23.6 Å². The molecule has 94 valence electrons. The van der Waals surface area contributed by atoms with Crippen LogP contribution in [-0.4, -0.2) is 21.1 Å². The number of aryl methyl sites for hydroxylation is 1. The monoisotopic (exact) mass is 244 g/mol. The van der Waals surface area contributed by atoms with Gasteiger partial charge in [-0.3, -0.25) is 9.78 Å². The van der Waals surface area contributed by atoms with Crippen molar-refractivity contribution in [1.82, 2.24) is 14.5 Å². The number of nitrogens with one attached hydrogen (secondary N) is 1. The van der Waals surface area contributed by atoms with E-state index in [-0.39, 0.29) is 5.56 Å². The SMILES string of the molecule is CCNc1cnc(Cn2cccc(C)c2=O)cn1. The smallest absolute Gasteiger partial charge is 0.253 e. The predicted molar refractivity (Wildman–Crippen MR) is 70.7 cm³/mol. The van der Waals surface area contributed by atoms with Gasteiger partial charge in [0.1, 0.15) is 5.82 Å². The van der Waals surface area contributed by atoms with E-state index in [1.54, 1.807) is 36.1 Å². The molecule has 0 atom stereocenters. The molecule has 0 radical (unpaired) electrons. The van der Waals surface area contributed by atoms with Crippen LogP contribution in [-0.2, 0) is 6.54 Å². The molecule has 0 saturated heterocycles. The second-order valence-corrected chi connectivity index (χ2v) is 4.05. The Labute approximate surface area is 106 Å². The molecule has 5 heteroatoms. The highest BCUT2D eigenvalue weighted by molar-refractivity contribution is 5.30. The lowest BCUT2D eigenvalue weighted by Gasteiger charge is -2.06. The Hall–Kier alpha value is -2.17. The van der Waals surface area contributed by atoms with E-state index in [9.17, 15) is 4.79 Å². The molecule has 0 aromatic carbocycles. The minimum Gasteiger partial charge on any atom is -0.369 e. The van der Waals surface area contributed by atoms with E-state index >= 15 is 0 Å². The van der Waals surface area contributed by atoms with Crippen LogP contribution in [0.1, 0.15) is 18.2 Å². The van der Waals surface area contributed by atoms with Crippen LogP contribution in [0.25, 0.3) is 0 Å². The van der Waals surface area contributed by atoms with E-state index in [2.05, 4.69) is 15.3 Å². The zero-order valence-electron chi connectivity index (χ0n) is 10.6. The van der Waals surface area contributed by atoms with E-state index < -0.39 is 0 Å². The standard InChI is InChI=1S/C13H16N4O/c1-3-14-12-8-15-11(7-16-12)9-17-6-4-5-10(2)13(17)18/h4-8H,3,9H2,1-2H3,(H,14,16). The molecule has 0 aliphatic heterocycles.